The van der Waals surface area contributed by atoms with Crippen LogP contribution >= 0.6 is 27.3 Å². The zero-order valence-corrected chi connectivity index (χ0v) is 12.9. The van der Waals surface area contributed by atoms with Crippen LogP contribution in [-0.2, 0) is 6.54 Å². The molecule has 0 aromatic carbocycles. The molecule has 1 fully saturated rings. The van der Waals surface area contributed by atoms with Crippen molar-refractivity contribution in [3.8, 4) is 0 Å². The highest BCUT2D eigenvalue weighted by Gasteiger charge is 2.21. The van der Waals surface area contributed by atoms with Crippen LogP contribution in [0.2, 0.25) is 0 Å². The summed E-state index contributed by atoms with van der Waals surface area (Å²) in [6, 6.07) is 2.95. The lowest BCUT2D eigenvalue weighted by molar-refractivity contribution is 0.262. The van der Waals surface area contributed by atoms with Gasteiger partial charge >= 0.3 is 0 Å². The van der Waals surface area contributed by atoms with Crippen molar-refractivity contribution in [2.45, 2.75) is 58.0 Å². The first kappa shape index (κ1) is 13.6. The highest BCUT2D eigenvalue weighted by Crippen LogP contribution is 2.28. The van der Waals surface area contributed by atoms with Gasteiger partial charge in [-0.15, -0.1) is 11.3 Å². The molecule has 0 radical (unpaired) electrons. The molecule has 1 aliphatic carbocycles. The molecule has 1 aromatic heterocycles. The van der Waals surface area contributed by atoms with Gasteiger partial charge in [0.1, 0.15) is 0 Å². The van der Waals surface area contributed by atoms with E-state index in [0.717, 1.165) is 18.5 Å². The van der Waals surface area contributed by atoms with E-state index < -0.39 is 0 Å². The lowest BCUT2D eigenvalue weighted by atomic mass is 9.83. The molecule has 1 heterocycles. The van der Waals surface area contributed by atoms with Crippen LogP contribution in [0.4, 0.5) is 0 Å². The summed E-state index contributed by atoms with van der Waals surface area (Å²) in [4.78, 5) is 1.44. The quantitative estimate of drug-likeness (QED) is 0.809. The van der Waals surface area contributed by atoms with Crippen molar-refractivity contribution in [3.63, 3.8) is 0 Å². The number of halogens is 1. The second-order valence-corrected chi connectivity index (χ2v) is 6.94. The minimum atomic E-state index is 0.719. The molecule has 0 saturated heterocycles. The second kappa shape index (κ2) is 6.91. The number of rotatable bonds is 5. The van der Waals surface area contributed by atoms with Gasteiger partial charge in [-0.3, -0.25) is 0 Å². The van der Waals surface area contributed by atoms with Crippen molar-refractivity contribution in [3.05, 3.63) is 20.8 Å². The van der Waals surface area contributed by atoms with Crippen molar-refractivity contribution in [1.82, 2.24) is 5.32 Å². The van der Waals surface area contributed by atoms with Gasteiger partial charge < -0.3 is 5.32 Å². The van der Waals surface area contributed by atoms with E-state index in [1.807, 2.05) is 11.3 Å². The summed E-state index contributed by atoms with van der Waals surface area (Å²) >= 11 is 5.35. The van der Waals surface area contributed by atoms with Gasteiger partial charge in [0.25, 0.3) is 0 Å². The highest BCUT2D eigenvalue weighted by molar-refractivity contribution is 9.10. The molecule has 1 N–H and O–H groups in total. The molecule has 1 nitrogen and oxygen atoms in total. The van der Waals surface area contributed by atoms with Gasteiger partial charge in [-0.05, 0) is 47.2 Å². The summed E-state index contributed by atoms with van der Waals surface area (Å²) in [6.45, 7) is 3.35. The molecule has 0 bridgehead atoms. The van der Waals surface area contributed by atoms with Gasteiger partial charge in [-0.25, -0.2) is 0 Å². The molecule has 0 amide bonds. The van der Waals surface area contributed by atoms with Gasteiger partial charge in [0.2, 0.25) is 0 Å². The van der Waals surface area contributed by atoms with Crippen LogP contribution in [-0.4, -0.2) is 6.04 Å². The molecule has 1 saturated carbocycles. The first-order valence-electron chi connectivity index (χ1n) is 6.76. The van der Waals surface area contributed by atoms with Gasteiger partial charge in [0, 0.05) is 27.3 Å². The Bertz CT molecular complexity index is 331. The van der Waals surface area contributed by atoms with E-state index in [1.165, 1.54) is 47.9 Å². The maximum atomic E-state index is 3.76. The van der Waals surface area contributed by atoms with E-state index in [-0.39, 0.29) is 0 Å². The Balaban J connectivity index is 1.82. The van der Waals surface area contributed by atoms with Crippen LogP contribution in [0.15, 0.2) is 15.9 Å². The summed E-state index contributed by atoms with van der Waals surface area (Å²) in [7, 11) is 0. The number of nitrogens with one attached hydrogen (secondary N) is 1. The van der Waals surface area contributed by atoms with Crippen LogP contribution in [0.25, 0.3) is 0 Å². The van der Waals surface area contributed by atoms with Crippen molar-refractivity contribution >= 4 is 27.3 Å². The Kier molecular flexibility index (Phi) is 5.51. The minimum Gasteiger partial charge on any atom is -0.309 e. The fraction of sp³-hybridized carbons (Fsp3) is 0.714. The normalized spacial score (nSPS) is 19.4. The van der Waals surface area contributed by atoms with Crippen LogP contribution < -0.4 is 5.32 Å². The van der Waals surface area contributed by atoms with Gasteiger partial charge in [0.05, 0.1) is 0 Å². The monoisotopic (exact) mass is 315 g/mol. The van der Waals surface area contributed by atoms with Crippen molar-refractivity contribution < 1.29 is 0 Å². The first-order chi connectivity index (χ1) is 8.29. The molecule has 0 spiro atoms. The second-order valence-electron chi connectivity index (χ2n) is 5.02. The number of hydrogen-bond donors (Lipinski definition) is 1. The van der Waals surface area contributed by atoms with Gasteiger partial charge in [0.15, 0.2) is 0 Å². The van der Waals surface area contributed by atoms with Gasteiger partial charge in [-0.2, -0.15) is 0 Å². The molecule has 1 aliphatic rings. The third kappa shape index (κ3) is 4.08. The molecular weight excluding hydrogens is 294 g/mol. The number of hydrogen-bond acceptors (Lipinski definition) is 2. The Morgan fingerprint density at radius 1 is 1.41 bits per heavy atom. The molecule has 0 aliphatic heterocycles. The van der Waals surface area contributed by atoms with Crippen LogP contribution in [0.1, 0.15) is 50.3 Å². The van der Waals surface area contributed by atoms with Crippen molar-refractivity contribution in [2.24, 2.45) is 5.92 Å². The van der Waals surface area contributed by atoms with E-state index >= 15 is 0 Å². The largest absolute Gasteiger partial charge is 0.309 e. The molecule has 17 heavy (non-hydrogen) atoms. The highest BCUT2D eigenvalue weighted by atomic mass is 79.9. The third-order valence-electron chi connectivity index (χ3n) is 3.82. The summed E-state index contributed by atoms with van der Waals surface area (Å²) in [6.07, 6.45) is 8.45. The Morgan fingerprint density at radius 3 is 2.76 bits per heavy atom. The molecule has 1 aromatic rings. The summed E-state index contributed by atoms with van der Waals surface area (Å²) in [5, 5.41) is 5.92. The molecular formula is C14H22BrNS. The lowest BCUT2D eigenvalue weighted by Crippen LogP contribution is -2.36. The summed E-state index contributed by atoms with van der Waals surface area (Å²) in [5.74, 6) is 0.914. The standard InChI is InChI=1S/C14H22BrNS/c1-2-14(11-6-4-3-5-7-11)16-9-13-8-12(15)10-17-13/h8,10-11,14,16H,2-7,9H2,1H3. The van der Waals surface area contributed by atoms with Crippen LogP contribution in [0, 0.1) is 5.92 Å². The lowest BCUT2D eigenvalue weighted by Gasteiger charge is -2.30. The summed E-state index contributed by atoms with van der Waals surface area (Å²) in [5.41, 5.74) is 0. The molecule has 96 valence electrons. The summed E-state index contributed by atoms with van der Waals surface area (Å²) < 4.78 is 1.21. The average molecular weight is 316 g/mol. The third-order valence-corrected chi connectivity index (χ3v) is 5.52. The molecule has 1 atom stereocenters. The fourth-order valence-electron chi connectivity index (χ4n) is 2.86. The molecule has 2 rings (SSSR count). The predicted octanol–water partition coefficient (Wildman–Crippen LogP) is 4.96. The topological polar surface area (TPSA) is 12.0 Å². The SMILES string of the molecule is CCC(NCc1cc(Br)cs1)C1CCCCC1. The minimum absolute atomic E-state index is 0.719. The zero-order chi connectivity index (χ0) is 12.1. The number of thiophene rings is 1. The fourth-order valence-corrected chi connectivity index (χ4v) is 4.26. The van der Waals surface area contributed by atoms with E-state index in [4.69, 9.17) is 0 Å². The smallest absolute Gasteiger partial charge is 0.0302 e. The molecule has 1 unspecified atom stereocenters. The Morgan fingerprint density at radius 2 is 2.18 bits per heavy atom. The van der Waals surface area contributed by atoms with E-state index in [0.29, 0.717) is 0 Å². The Hall–Kier alpha value is 0.140. The van der Waals surface area contributed by atoms with E-state index in [9.17, 15) is 0 Å². The van der Waals surface area contributed by atoms with Crippen molar-refractivity contribution in [1.29, 1.82) is 0 Å². The van der Waals surface area contributed by atoms with Gasteiger partial charge in [-0.1, -0.05) is 26.2 Å². The molecule has 3 heteroatoms. The maximum Gasteiger partial charge on any atom is 0.0302 e. The first-order valence-corrected chi connectivity index (χ1v) is 8.43. The maximum absolute atomic E-state index is 3.76. The van der Waals surface area contributed by atoms with E-state index in [1.54, 1.807) is 0 Å². The van der Waals surface area contributed by atoms with Crippen molar-refractivity contribution in [2.75, 3.05) is 0 Å². The Labute approximate surface area is 117 Å². The van der Waals surface area contributed by atoms with Crippen LogP contribution in [0.3, 0.4) is 0 Å². The van der Waals surface area contributed by atoms with Crippen LogP contribution in [0.5, 0.6) is 0 Å². The predicted molar refractivity (Wildman–Crippen MR) is 79.5 cm³/mol. The zero-order valence-electron chi connectivity index (χ0n) is 10.5. The van der Waals surface area contributed by atoms with E-state index in [2.05, 4.69) is 39.6 Å². The average Bonchev–Trinajstić information content (AvgIpc) is 2.77.